The lowest BCUT2D eigenvalue weighted by Gasteiger charge is -2.29. The summed E-state index contributed by atoms with van der Waals surface area (Å²) in [7, 11) is -3.05. The van der Waals surface area contributed by atoms with Gasteiger partial charge in [0.15, 0.2) is 15.6 Å². The molecule has 8 nitrogen and oxygen atoms in total. The Balaban J connectivity index is 1.62. The van der Waals surface area contributed by atoms with Crippen molar-refractivity contribution >= 4 is 27.5 Å². The van der Waals surface area contributed by atoms with E-state index in [1.807, 2.05) is 13.8 Å². The number of carbonyl (C=O) groups excluding carboxylic acids is 1. The van der Waals surface area contributed by atoms with Crippen LogP contribution in [0.5, 0.6) is 0 Å². The highest BCUT2D eigenvalue weighted by Crippen LogP contribution is 2.25. The van der Waals surface area contributed by atoms with Gasteiger partial charge in [0.1, 0.15) is 0 Å². The largest absolute Gasteiger partial charge is 0.459 e. The van der Waals surface area contributed by atoms with Crippen molar-refractivity contribution in [1.29, 1.82) is 0 Å². The van der Waals surface area contributed by atoms with Crippen LogP contribution < -0.4 is 0 Å². The molecule has 3 heterocycles. The van der Waals surface area contributed by atoms with E-state index in [1.54, 1.807) is 17.0 Å². The average molecular weight is 399 g/mol. The van der Waals surface area contributed by atoms with E-state index in [0.29, 0.717) is 18.7 Å². The Morgan fingerprint density at radius 3 is 2.85 bits per heavy atom. The summed E-state index contributed by atoms with van der Waals surface area (Å²) in [6.45, 7) is 4.54. The van der Waals surface area contributed by atoms with Crippen molar-refractivity contribution in [2.24, 2.45) is 5.92 Å². The van der Waals surface area contributed by atoms with E-state index in [4.69, 9.17) is 8.83 Å². The van der Waals surface area contributed by atoms with Gasteiger partial charge in [-0.05, 0) is 24.5 Å². The first-order valence-corrected chi connectivity index (χ1v) is 11.1. The fourth-order valence-corrected chi connectivity index (χ4v) is 5.22. The monoisotopic (exact) mass is 399 g/mol. The number of amides is 1. The molecule has 1 fully saturated rings. The Kier molecular flexibility index (Phi) is 5.71. The first-order valence-electron chi connectivity index (χ1n) is 8.34. The molecular formula is C16H21N3O5S2. The Hall–Kier alpha value is -1.81. The number of thioether (sulfide) groups is 1. The third-order valence-electron chi connectivity index (χ3n) is 3.99. The van der Waals surface area contributed by atoms with Crippen molar-refractivity contribution in [1.82, 2.24) is 15.1 Å². The van der Waals surface area contributed by atoms with Crippen LogP contribution in [0.4, 0.5) is 0 Å². The maximum absolute atomic E-state index is 12.7. The smallest absolute Gasteiger partial charge is 0.284 e. The zero-order valence-electron chi connectivity index (χ0n) is 14.6. The predicted molar refractivity (Wildman–Crippen MR) is 96.3 cm³/mol. The van der Waals surface area contributed by atoms with Crippen molar-refractivity contribution in [2.75, 3.05) is 23.8 Å². The number of carbonyl (C=O) groups is 1. The van der Waals surface area contributed by atoms with Gasteiger partial charge in [-0.2, -0.15) is 0 Å². The lowest BCUT2D eigenvalue weighted by atomic mass is 10.1. The molecule has 1 saturated heterocycles. The van der Waals surface area contributed by atoms with Crippen molar-refractivity contribution in [3.8, 4) is 11.7 Å². The molecule has 3 rings (SSSR count). The quantitative estimate of drug-likeness (QED) is 0.652. The number of sulfone groups is 1. The topological polar surface area (TPSA) is 107 Å². The molecule has 0 unspecified atom stereocenters. The molecule has 0 radical (unpaired) electrons. The number of hydrogen-bond acceptors (Lipinski definition) is 8. The van der Waals surface area contributed by atoms with Gasteiger partial charge in [-0.1, -0.05) is 25.6 Å². The summed E-state index contributed by atoms with van der Waals surface area (Å²) in [5.41, 5.74) is 0. The molecule has 0 aromatic carbocycles. The van der Waals surface area contributed by atoms with E-state index >= 15 is 0 Å². The van der Waals surface area contributed by atoms with Gasteiger partial charge in [0.05, 0.1) is 23.5 Å². The van der Waals surface area contributed by atoms with Crippen LogP contribution in [-0.4, -0.2) is 59.3 Å². The maximum Gasteiger partial charge on any atom is 0.284 e. The SMILES string of the molecule is CC(C)CN(C(=O)CSc1nnc(-c2ccco2)o1)[C@@H]1CCS(=O)(=O)C1. The highest BCUT2D eigenvalue weighted by molar-refractivity contribution is 7.99. The Labute approximate surface area is 156 Å². The van der Waals surface area contributed by atoms with E-state index in [2.05, 4.69) is 10.2 Å². The van der Waals surface area contributed by atoms with Gasteiger partial charge in [-0.25, -0.2) is 8.42 Å². The number of hydrogen-bond donors (Lipinski definition) is 0. The van der Waals surface area contributed by atoms with Crippen LogP contribution in [0.2, 0.25) is 0 Å². The summed E-state index contributed by atoms with van der Waals surface area (Å²) in [5, 5.41) is 8.07. The molecule has 0 N–H and O–H groups in total. The zero-order chi connectivity index (χ0) is 18.7. The third-order valence-corrected chi connectivity index (χ3v) is 6.54. The van der Waals surface area contributed by atoms with Crippen LogP contribution in [0.15, 0.2) is 32.5 Å². The van der Waals surface area contributed by atoms with E-state index in [9.17, 15) is 13.2 Å². The van der Waals surface area contributed by atoms with Gasteiger partial charge in [0.2, 0.25) is 5.91 Å². The minimum Gasteiger partial charge on any atom is -0.459 e. The summed E-state index contributed by atoms with van der Waals surface area (Å²) < 4.78 is 34.2. The summed E-state index contributed by atoms with van der Waals surface area (Å²) in [4.78, 5) is 14.4. The maximum atomic E-state index is 12.7. The van der Waals surface area contributed by atoms with Crippen molar-refractivity contribution in [2.45, 2.75) is 31.5 Å². The zero-order valence-corrected chi connectivity index (χ0v) is 16.3. The molecule has 0 spiro atoms. The van der Waals surface area contributed by atoms with Crippen molar-refractivity contribution in [3.63, 3.8) is 0 Å². The molecule has 0 aliphatic carbocycles. The average Bonchev–Trinajstić information content (AvgIpc) is 3.30. The minimum atomic E-state index is -3.05. The lowest BCUT2D eigenvalue weighted by molar-refractivity contribution is -0.130. The van der Waals surface area contributed by atoms with Gasteiger partial charge in [0, 0.05) is 12.6 Å². The standard InChI is InChI=1S/C16H21N3O5S2/c1-11(2)8-19(12-5-7-26(21,22)10-12)14(20)9-25-16-18-17-15(24-16)13-4-3-6-23-13/h3-4,6,11-12H,5,7-10H2,1-2H3/t12-/m1/s1. The summed E-state index contributed by atoms with van der Waals surface area (Å²) in [5.74, 6) is 1.15. The van der Waals surface area contributed by atoms with E-state index in [1.165, 1.54) is 6.26 Å². The first-order chi connectivity index (χ1) is 12.3. The van der Waals surface area contributed by atoms with Crippen LogP contribution in [0.25, 0.3) is 11.7 Å². The number of nitrogens with zero attached hydrogens (tertiary/aromatic N) is 3. The molecule has 1 aliphatic rings. The Morgan fingerprint density at radius 1 is 1.42 bits per heavy atom. The molecule has 2 aromatic rings. The van der Waals surface area contributed by atoms with Crippen LogP contribution in [0.3, 0.4) is 0 Å². The van der Waals surface area contributed by atoms with Crippen LogP contribution >= 0.6 is 11.8 Å². The second-order valence-corrected chi connectivity index (χ2v) is 9.79. The van der Waals surface area contributed by atoms with Gasteiger partial charge in [-0.15, -0.1) is 10.2 Å². The van der Waals surface area contributed by atoms with Crippen LogP contribution in [-0.2, 0) is 14.6 Å². The minimum absolute atomic E-state index is 0.0410. The Bertz CT molecular complexity index is 845. The third kappa shape index (κ3) is 4.67. The normalized spacial score (nSPS) is 19.1. The number of furan rings is 1. The van der Waals surface area contributed by atoms with E-state index < -0.39 is 9.84 Å². The second-order valence-electron chi connectivity index (χ2n) is 6.64. The summed E-state index contributed by atoms with van der Waals surface area (Å²) in [6, 6.07) is 3.17. The van der Waals surface area contributed by atoms with Gasteiger partial charge in [-0.3, -0.25) is 4.79 Å². The summed E-state index contributed by atoms with van der Waals surface area (Å²) >= 11 is 1.14. The molecule has 0 saturated carbocycles. The molecule has 2 aromatic heterocycles. The summed E-state index contributed by atoms with van der Waals surface area (Å²) in [6.07, 6.45) is 2.00. The predicted octanol–water partition coefficient (Wildman–Crippen LogP) is 2.09. The van der Waals surface area contributed by atoms with Crippen LogP contribution in [0.1, 0.15) is 20.3 Å². The Morgan fingerprint density at radius 2 is 2.23 bits per heavy atom. The van der Waals surface area contributed by atoms with Crippen molar-refractivity contribution < 1.29 is 22.0 Å². The lowest BCUT2D eigenvalue weighted by Crippen LogP contribution is -2.44. The highest BCUT2D eigenvalue weighted by atomic mass is 32.2. The van der Waals surface area contributed by atoms with Gasteiger partial charge in [0.25, 0.3) is 11.1 Å². The molecular weight excluding hydrogens is 378 g/mol. The van der Waals surface area contributed by atoms with Gasteiger partial charge >= 0.3 is 0 Å². The molecule has 0 bridgehead atoms. The van der Waals surface area contributed by atoms with Gasteiger partial charge < -0.3 is 13.7 Å². The first kappa shape index (κ1) is 19.0. The fourth-order valence-electron chi connectivity index (χ4n) is 2.84. The fraction of sp³-hybridized carbons (Fsp3) is 0.562. The highest BCUT2D eigenvalue weighted by Gasteiger charge is 2.34. The van der Waals surface area contributed by atoms with Crippen LogP contribution in [0, 0.1) is 5.92 Å². The molecule has 1 atom stereocenters. The number of aromatic nitrogens is 2. The van der Waals surface area contributed by atoms with Crippen molar-refractivity contribution in [3.05, 3.63) is 18.4 Å². The molecule has 142 valence electrons. The van der Waals surface area contributed by atoms with E-state index in [-0.39, 0.29) is 46.2 Å². The molecule has 1 amide bonds. The molecule has 10 heteroatoms. The second kappa shape index (κ2) is 7.83. The van der Waals surface area contributed by atoms with E-state index in [0.717, 1.165) is 11.8 Å². The number of rotatable bonds is 7. The molecule has 1 aliphatic heterocycles. The molecule has 26 heavy (non-hydrogen) atoms.